The summed E-state index contributed by atoms with van der Waals surface area (Å²) in [5, 5.41) is 1.11. The maximum Gasteiger partial charge on any atom is 0.264 e. The van der Waals surface area contributed by atoms with Gasteiger partial charge in [-0.3, -0.25) is 9.10 Å². The lowest BCUT2D eigenvalue weighted by Gasteiger charge is -2.38. The number of amides is 1. The van der Waals surface area contributed by atoms with Gasteiger partial charge >= 0.3 is 0 Å². The van der Waals surface area contributed by atoms with Crippen molar-refractivity contribution >= 4 is 50.5 Å². The summed E-state index contributed by atoms with van der Waals surface area (Å²) in [5.74, 6) is -0.242. The van der Waals surface area contributed by atoms with E-state index in [-0.39, 0.29) is 17.3 Å². The summed E-state index contributed by atoms with van der Waals surface area (Å²) in [6.07, 6.45) is 0. The van der Waals surface area contributed by atoms with Gasteiger partial charge in [0.2, 0.25) is 5.91 Å². The summed E-state index contributed by atoms with van der Waals surface area (Å²) in [4.78, 5) is 17.4. The zero-order valence-electron chi connectivity index (χ0n) is 19.6. The van der Waals surface area contributed by atoms with Crippen molar-refractivity contribution in [1.82, 2.24) is 4.90 Å². The van der Waals surface area contributed by atoms with E-state index in [9.17, 15) is 13.2 Å². The quantitative estimate of drug-likeness (QED) is 0.441. The van der Waals surface area contributed by atoms with Gasteiger partial charge in [0, 0.05) is 41.9 Å². The van der Waals surface area contributed by atoms with Crippen LogP contribution in [0.4, 0.5) is 11.4 Å². The topological polar surface area (TPSA) is 60.9 Å². The van der Waals surface area contributed by atoms with Crippen LogP contribution in [0.3, 0.4) is 0 Å². The number of benzene rings is 3. The number of nitrogens with zero attached hydrogens (tertiary/aromatic N) is 3. The van der Waals surface area contributed by atoms with E-state index in [0.717, 1.165) is 16.8 Å². The van der Waals surface area contributed by atoms with Crippen LogP contribution >= 0.6 is 23.2 Å². The minimum atomic E-state index is -3.99. The van der Waals surface area contributed by atoms with Crippen molar-refractivity contribution in [3.8, 4) is 0 Å². The average Bonchev–Trinajstić information content (AvgIpc) is 2.85. The van der Waals surface area contributed by atoms with Crippen molar-refractivity contribution < 1.29 is 13.2 Å². The van der Waals surface area contributed by atoms with E-state index in [0.29, 0.717) is 41.9 Å². The molecule has 1 amide bonds. The number of anilines is 2. The van der Waals surface area contributed by atoms with Gasteiger partial charge in [0.25, 0.3) is 10.0 Å². The molecule has 0 unspecified atom stereocenters. The first kappa shape index (κ1) is 25.4. The molecule has 1 heterocycles. The highest BCUT2D eigenvalue weighted by Crippen LogP contribution is 2.28. The molecule has 3 aromatic rings. The van der Waals surface area contributed by atoms with Crippen molar-refractivity contribution in [2.24, 2.45) is 0 Å². The third-order valence-electron chi connectivity index (χ3n) is 6.21. The first-order valence-electron chi connectivity index (χ1n) is 11.3. The molecule has 0 spiro atoms. The number of carbonyl (C=O) groups is 1. The van der Waals surface area contributed by atoms with Gasteiger partial charge in [0.05, 0.1) is 10.6 Å². The van der Waals surface area contributed by atoms with Crippen LogP contribution in [0, 0.1) is 13.8 Å². The zero-order valence-corrected chi connectivity index (χ0v) is 21.9. The maximum atomic E-state index is 13.6. The van der Waals surface area contributed by atoms with E-state index in [1.165, 1.54) is 28.6 Å². The lowest BCUT2D eigenvalue weighted by Crippen LogP contribution is -2.52. The Morgan fingerprint density at radius 3 is 2.14 bits per heavy atom. The standard InChI is InChI=1S/C26H27Cl2N3O3S/c1-19-5-3-4-6-24(19)31(35(33,34)23-11-9-21(27)10-12-23)18-26(32)30-15-13-29(14-16-30)25-17-22(28)8-7-20(25)2/h3-12,17H,13-16,18H2,1-2H3. The molecule has 1 saturated heterocycles. The third kappa shape index (κ3) is 5.58. The fourth-order valence-corrected chi connectivity index (χ4v) is 5.99. The van der Waals surface area contributed by atoms with Crippen LogP contribution in [0.15, 0.2) is 71.6 Å². The van der Waals surface area contributed by atoms with Crippen molar-refractivity contribution in [3.63, 3.8) is 0 Å². The number of hydrogen-bond donors (Lipinski definition) is 0. The van der Waals surface area contributed by atoms with E-state index in [1.807, 2.05) is 44.2 Å². The molecule has 184 valence electrons. The van der Waals surface area contributed by atoms with Gasteiger partial charge in [0.1, 0.15) is 6.54 Å². The third-order valence-corrected chi connectivity index (χ3v) is 8.47. The Balaban J connectivity index is 1.55. The van der Waals surface area contributed by atoms with Gasteiger partial charge in [-0.1, -0.05) is 47.5 Å². The second-order valence-corrected chi connectivity index (χ2v) is 11.3. The van der Waals surface area contributed by atoms with Crippen molar-refractivity contribution in [2.45, 2.75) is 18.7 Å². The SMILES string of the molecule is Cc1ccc(Cl)cc1N1CCN(C(=O)CN(c2ccccc2C)S(=O)(=O)c2ccc(Cl)cc2)CC1. The van der Waals surface area contributed by atoms with Crippen LogP contribution in [0.2, 0.25) is 10.0 Å². The Hall–Kier alpha value is -2.74. The first-order chi connectivity index (χ1) is 16.7. The smallest absolute Gasteiger partial charge is 0.264 e. The summed E-state index contributed by atoms with van der Waals surface area (Å²) in [6.45, 7) is 5.84. The van der Waals surface area contributed by atoms with Crippen LogP contribution in [-0.2, 0) is 14.8 Å². The molecule has 0 aliphatic carbocycles. The van der Waals surface area contributed by atoms with Crippen LogP contribution in [-0.4, -0.2) is 51.9 Å². The number of piperazine rings is 1. The van der Waals surface area contributed by atoms with Gasteiger partial charge in [-0.25, -0.2) is 8.42 Å². The predicted octanol–water partition coefficient (Wildman–Crippen LogP) is 5.15. The predicted molar refractivity (Wildman–Crippen MR) is 142 cm³/mol. The molecular formula is C26H27Cl2N3O3S. The normalized spacial score (nSPS) is 14.2. The van der Waals surface area contributed by atoms with Gasteiger partial charge in [-0.05, 0) is 67.4 Å². The molecule has 0 N–H and O–H groups in total. The summed E-state index contributed by atoms with van der Waals surface area (Å²) in [5.41, 5.74) is 3.41. The number of sulfonamides is 1. The molecular weight excluding hydrogens is 505 g/mol. The van der Waals surface area contributed by atoms with E-state index >= 15 is 0 Å². The fraction of sp³-hybridized carbons (Fsp3) is 0.269. The summed E-state index contributed by atoms with van der Waals surface area (Å²) < 4.78 is 28.4. The molecule has 1 aliphatic heterocycles. The molecule has 0 atom stereocenters. The second kappa shape index (κ2) is 10.5. The van der Waals surface area contributed by atoms with Crippen LogP contribution in [0.25, 0.3) is 0 Å². The van der Waals surface area contributed by atoms with Crippen LogP contribution < -0.4 is 9.21 Å². The first-order valence-corrected chi connectivity index (χ1v) is 13.5. The molecule has 1 fully saturated rings. The highest BCUT2D eigenvalue weighted by atomic mass is 35.5. The minimum Gasteiger partial charge on any atom is -0.368 e. The van der Waals surface area contributed by atoms with Crippen molar-refractivity contribution in [3.05, 3.63) is 87.9 Å². The molecule has 3 aromatic carbocycles. The molecule has 0 saturated carbocycles. The minimum absolute atomic E-state index is 0.0826. The number of carbonyl (C=O) groups excluding carboxylic acids is 1. The maximum absolute atomic E-state index is 13.6. The van der Waals surface area contributed by atoms with Crippen molar-refractivity contribution in [2.75, 3.05) is 41.9 Å². The van der Waals surface area contributed by atoms with E-state index in [4.69, 9.17) is 23.2 Å². The largest absolute Gasteiger partial charge is 0.368 e. The molecule has 9 heteroatoms. The Labute approximate surface area is 216 Å². The summed E-state index contributed by atoms with van der Waals surface area (Å²) in [7, 11) is -3.99. The van der Waals surface area contributed by atoms with E-state index < -0.39 is 10.0 Å². The molecule has 0 aromatic heterocycles. The Kier molecular flexibility index (Phi) is 7.59. The van der Waals surface area contributed by atoms with Crippen molar-refractivity contribution in [1.29, 1.82) is 0 Å². The highest BCUT2D eigenvalue weighted by molar-refractivity contribution is 7.92. The fourth-order valence-electron chi connectivity index (χ4n) is 4.22. The molecule has 4 rings (SSSR count). The van der Waals surface area contributed by atoms with Crippen LogP contribution in [0.5, 0.6) is 0 Å². The Morgan fingerprint density at radius 1 is 0.857 bits per heavy atom. The molecule has 6 nitrogen and oxygen atoms in total. The average molecular weight is 532 g/mol. The number of rotatable bonds is 6. The molecule has 0 radical (unpaired) electrons. The number of hydrogen-bond acceptors (Lipinski definition) is 4. The van der Waals surface area contributed by atoms with Gasteiger partial charge in [-0.2, -0.15) is 0 Å². The highest BCUT2D eigenvalue weighted by Gasteiger charge is 2.31. The lowest BCUT2D eigenvalue weighted by atomic mass is 10.1. The van der Waals surface area contributed by atoms with E-state index in [1.54, 1.807) is 17.0 Å². The Bertz CT molecular complexity index is 1320. The number of para-hydroxylation sites is 1. The molecule has 0 bridgehead atoms. The Morgan fingerprint density at radius 2 is 1.49 bits per heavy atom. The van der Waals surface area contributed by atoms with Crippen LogP contribution in [0.1, 0.15) is 11.1 Å². The number of aryl methyl sites for hydroxylation is 2. The molecule has 1 aliphatic rings. The second-order valence-electron chi connectivity index (χ2n) is 8.55. The van der Waals surface area contributed by atoms with E-state index in [2.05, 4.69) is 4.90 Å². The summed E-state index contributed by atoms with van der Waals surface area (Å²) in [6, 6.07) is 18.9. The summed E-state index contributed by atoms with van der Waals surface area (Å²) >= 11 is 12.1. The van der Waals surface area contributed by atoms with Gasteiger partial charge in [-0.15, -0.1) is 0 Å². The number of halogens is 2. The molecule has 35 heavy (non-hydrogen) atoms. The van der Waals surface area contributed by atoms with Gasteiger partial charge in [0.15, 0.2) is 0 Å². The zero-order chi connectivity index (χ0) is 25.2. The monoisotopic (exact) mass is 531 g/mol. The van der Waals surface area contributed by atoms with Gasteiger partial charge < -0.3 is 9.80 Å². The lowest BCUT2D eigenvalue weighted by molar-refractivity contribution is -0.129.